The molecule has 2 aromatic rings. The summed E-state index contributed by atoms with van der Waals surface area (Å²) in [6, 6.07) is 2.07. The van der Waals surface area contributed by atoms with Crippen LogP contribution in [-0.2, 0) is 10.5 Å². The maximum Gasteiger partial charge on any atom is 0.258 e. The first kappa shape index (κ1) is 19.2. The van der Waals surface area contributed by atoms with Crippen molar-refractivity contribution < 1.29 is 4.79 Å². The van der Waals surface area contributed by atoms with Gasteiger partial charge < -0.3 is 10.6 Å². The summed E-state index contributed by atoms with van der Waals surface area (Å²) >= 11 is 2.92. The number of halogens is 1. The fourth-order valence-corrected chi connectivity index (χ4v) is 4.17. The molecule has 0 spiro atoms. The normalized spacial score (nSPS) is 20.5. The van der Waals surface area contributed by atoms with Gasteiger partial charge in [0.1, 0.15) is 0 Å². The van der Waals surface area contributed by atoms with Gasteiger partial charge in [-0.25, -0.2) is 4.98 Å². The predicted molar refractivity (Wildman–Crippen MR) is 101 cm³/mol. The minimum Gasteiger partial charge on any atom is -0.351 e. The van der Waals surface area contributed by atoms with E-state index in [1.165, 1.54) is 33.6 Å². The van der Waals surface area contributed by atoms with Crippen LogP contribution in [0.2, 0.25) is 0 Å². The number of aromatic nitrogens is 2. The average Bonchev–Trinajstić information content (AvgIpc) is 2.99. The largest absolute Gasteiger partial charge is 0.351 e. The molecule has 3 rings (SSSR count). The van der Waals surface area contributed by atoms with Crippen molar-refractivity contribution in [2.75, 3.05) is 12.3 Å². The summed E-state index contributed by atoms with van der Waals surface area (Å²) in [7, 11) is 0. The monoisotopic (exact) mass is 388 g/mol. The van der Waals surface area contributed by atoms with E-state index in [0.717, 1.165) is 25.1 Å². The van der Waals surface area contributed by atoms with Crippen LogP contribution in [0.15, 0.2) is 22.4 Å². The van der Waals surface area contributed by atoms with Crippen molar-refractivity contribution in [2.45, 2.75) is 37.6 Å². The van der Waals surface area contributed by atoms with Gasteiger partial charge in [0.05, 0.1) is 11.4 Å². The van der Waals surface area contributed by atoms with Crippen LogP contribution in [0.5, 0.6) is 0 Å². The van der Waals surface area contributed by atoms with Crippen molar-refractivity contribution in [3.8, 4) is 0 Å². The fraction of sp³-hybridized carbons (Fsp3) is 0.533. The number of thioether (sulfide) groups is 1. The third-order valence-corrected chi connectivity index (χ3v) is 5.67. The molecule has 1 amide bonds. The molecule has 0 aromatic carbocycles. The second-order valence-electron chi connectivity index (χ2n) is 5.69. The van der Waals surface area contributed by atoms with E-state index < -0.39 is 0 Å². The van der Waals surface area contributed by atoms with E-state index in [2.05, 4.69) is 22.5 Å². The number of piperidine rings is 1. The van der Waals surface area contributed by atoms with E-state index in [-0.39, 0.29) is 29.9 Å². The Bertz CT molecular complexity index is 748. The molecular formula is C15H21ClN4O2S2. The molecule has 1 saturated heterocycles. The molecular weight excluding hydrogens is 368 g/mol. The maximum atomic E-state index is 12.0. The summed E-state index contributed by atoms with van der Waals surface area (Å²) in [4.78, 5) is 29.1. The van der Waals surface area contributed by atoms with E-state index in [4.69, 9.17) is 0 Å². The van der Waals surface area contributed by atoms with Gasteiger partial charge in [-0.2, -0.15) is 0 Å². The topological polar surface area (TPSA) is 75.5 Å². The SMILES string of the molecule is CC1NCCCC1NC(=O)CSCc1cc(=O)n2ccsc2n1.Cl. The van der Waals surface area contributed by atoms with Crippen LogP contribution in [0.3, 0.4) is 0 Å². The lowest BCUT2D eigenvalue weighted by Crippen LogP contribution is -2.52. The van der Waals surface area contributed by atoms with Gasteiger partial charge in [0.15, 0.2) is 4.96 Å². The molecule has 0 radical (unpaired) electrons. The Kier molecular flexibility index (Phi) is 7.09. The highest BCUT2D eigenvalue weighted by atomic mass is 35.5. The Morgan fingerprint density at radius 3 is 3.21 bits per heavy atom. The Morgan fingerprint density at radius 2 is 2.42 bits per heavy atom. The van der Waals surface area contributed by atoms with Gasteiger partial charge in [-0.05, 0) is 26.3 Å². The Balaban J connectivity index is 0.00000208. The lowest BCUT2D eigenvalue weighted by molar-refractivity contribution is -0.119. The van der Waals surface area contributed by atoms with Gasteiger partial charge in [0.25, 0.3) is 5.56 Å². The van der Waals surface area contributed by atoms with Crippen molar-refractivity contribution in [1.82, 2.24) is 20.0 Å². The summed E-state index contributed by atoms with van der Waals surface area (Å²) in [5.41, 5.74) is 0.654. The van der Waals surface area contributed by atoms with Gasteiger partial charge >= 0.3 is 0 Å². The molecule has 24 heavy (non-hydrogen) atoms. The van der Waals surface area contributed by atoms with E-state index in [9.17, 15) is 9.59 Å². The first-order valence-electron chi connectivity index (χ1n) is 7.70. The zero-order chi connectivity index (χ0) is 16.2. The Hall–Kier alpha value is -1.09. The number of thiazole rings is 1. The number of hydrogen-bond donors (Lipinski definition) is 2. The molecule has 0 saturated carbocycles. The number of carbonyl (C=O) groups excluding carboxylic acids is 1. The highest BCUT2D eigenvalue weighted by molar-refractivity contribution is 7.99. The number of nitrogens with one attached hydrogen (secondary N) is 2. The zero-order valence-electron chi connectivity index (χ0n) is 13.4. The first-order chi connectivity index (χ1) is 11.1. The number of nitrogens with zero attached hydrogens (tertiary/aromatic N) is 2. The molecule has 1 fully saturated rings. The molecule has 0 bridgehead atoms. The molecule has 1 aliphatic rings. The third-order valence-electron chi connectivity index (χ3n) is 3.95. The van der Waals surface area contributed by atoms with Gasteiger partial charge in [0.2, 0.25) is 5.91 Å². The van der Waals surface area contributed by atoms with Crippen LogP contribution >= 0.6 is 35.5 Å². The number of carbonyl (C=O) groups is 1. The Labute approximate surface area is 154 Å². The summed E-state index contributed by atoms with van der Waals surface area (Å²) < 4.78 is 1.53. The minimum absolute atomic E-state index is 0. The lowest BCUT2D eigenvalue weighted by atomic mass is 10.00. The third kappa shape index (κ3) is 4.72. The zero-order valence-corrected chi connectivity index (χ0v) is 15.8. The van der Waals surface area contributed by atoms with Gasteiger partial charge in [0, 0.05) is 35.5 Å². The van der Waals surface area contributed by atoms with Gasteiger partial charge in [-0.1, -0.05) is 0 Å². The first-order valence-corrected chi connectivity index (χ1v) is 9.73. The fourth-order valence-electron chi connectivity index (χ4n) is 2.70. The predicted octanol–water partition coefficient (Wildman–Crippen LogP) is 1.67. The number of rotatable bonds is 5. The van der Waals surface area contributed by atoms with Crippen LogP contribution < -0.4 is 16.2 Å². The summed E-state index contributed by atoms with van der Waals surface area (Å²) in [6.45, 7) is 3.12. The molecule has 132 valence electrons. The van der Waals surface area contributed by atoms with E-state index in [1.807, 2.05) is 5.38 Å². The highest BCUT2D eigenvalue weighted by Gasteiger charge is 2.22. The van der Waals surface area contributed by atoms with Crippen molar-refractivity contribution in [3.63, 3.8) is 0 Å². The van der Waals surface area contributed by atoms with Crippen molar-refractivity contribution in [1.29, 1.82) is 0 Å². The standard InChI is InChI=1S/C15H20N4O2S2.ClH/c1-10-12(3-2-4-16-10)18-13(20)9-22-8-11-7-14(21)19-5-6-23-15(19)17-11;/h5-7,10,12,16H,2-4,8-9H2,1H3,(H,18,20);1H. The summed E-state index contributed by atoms with van der Waals surface area (Å²) in [5, 5.41) is 8.30. The quantitative estimate of drug-likeness (QED) is 0.814. The molecule has 6 nitrogen and oxygen atoms in total. The lowest BCUT2D eigenvalue weighted by Gasteiger charge is -2.30. The molecule has 2 unspecified atom stereocenters. The van der Waals surface area contributed by atoms with Crippen molar-refractivity contribution in [2.24, 2.45) is 0 Å². The van der Waals surface area contributed by atoms with Crippen LogP contribution in [0, 0.1) is 0 Å². The molecule has 1 aliphatic heterocycles. The Morgan fingerprint density at radius 1 is 1.58 bits per heavy atom. The molecule has 2 aromatic heterocycles. The smallest absolute Gasteiger partial charge is 0.258 e. The van der Waals surface area contributed by atoms with E-state index >= 15 is 0 Å². The molecule has 9 heteroatoms. The average molecular weight is 389 g/mol. The molecule has 2 N–H and O–H groups in total. The molecule has 2 atom stereocenters. The van der Waals surface area contributed by atoms with Crippen LogP contribution in [0.1, 0.15) is 25.5 Å². The summed E-state index contributed by atoms with van der Waals surface area (Å²) in [6.07, 6.45) is 3.84. The van der Waals surface area contributed by atoms with Crippen LogP contribution in [0.25, 0.3) is 4.96 Å². The second kappa shape index (κ2) is 8.84. The molecule has 3 heterocycles. The maximum absolute atomic E-state index is 12.0. The van der Waals surface area contributed by atoms with E-state index in [0.29, 0.717) is 22.5 Å². The number of amides is 1. The van der Waals surface area contributed by atoms with Gasteiger partial charge in [-0.15, -0.1) is 35.5 Å². The molecule has 0 aliphatic carbocycles. The minimum atomic E-state index is -0.0709. The second-order valence-corrected chi connectivity index (χ2v) is 7.55. The highest BCUT2D eigenvalue weighted by Crippen LogP contribution is 2.13. The number of hydrogen-bond acceptors (Lipinski definition) is 6. The van der Waals surface area contributed by atoms with Crippen LogP contribution in [0.4, 0.5) is 0 Å². The van der Waals surface area contributed by atoms with Crippen molar-refractivity contribution in [3.05, 3.63) is 33.7 Å². The number of fused-ring (bicyclic) bond motifs is 1. The summed E-state index contributed by atoms with van der Waals surface area (Å²) in [5.74, 6) is 0.994. The van der Waals surface area contributed by atoms with Crippen LogP contribution in [-0.4, -0.2) is 39.7 Å². The van der Waals surface area contributed by atoms with Gasteiger partial charge in [-0.3, -0.25) is 14.0 Å². The van der Waals surface area contributed by atoms with Crippen molar-refractivity contribution >= 4 is 46.4 Å². The van der Waals surface area contributed by atoms with E-state index in [1.54, 1.807) is 6.20 Å².